The van der Waals surface area contributed by atoms with Crippen LogP contribution >= 0.6 is 11.6 Å². The summed E-state index contributed by atoms with van der Waals surface area (Å²) < 4.78 is 13.9. The Bertz CT molecular complexity index is 751. The maximum atomic E-state index is 13.9. The molecule has 0 saturated heterocycles. The second kappa shape index (κ2) is 7.91. The highest BCUT2D eigenvalue weighted by Gasteiger charge is 2.20. The van der Waals surface area contributed by atoms with Gasteiger partial charge in [0.05, 0.1) is 17.7 Å². The van der Waals surface area contributed by atoms with Crippen LogP contribution in [0.5, 0.6) is 0 Å². The molecule has 6 heteroatoms. The first-order chi connectivity index (χ1) is 11.4. The van der Waals surface area contributed by atoms with E-state index in [1.807, 2.05) is 6.07 Å². The molecule has 1 atom stereocenters. The summed E-state index contributed by atoms with van der Waals surface area (Å²) in [4.78, 5) is 14.0. The maximum Gasteiger partial charge on any atom is 0.241 e. The molecular formula is C18H17ClFN3O. The van der Waals surface area contributed by atoms with Crippen molar-refractivity contribution in [3.8, 4) is 6.07 Å². The summed E-state index contributed by atoms with van der Waals surface area (Å²) in [7, 11) is 1.73. The number of carbonyl (C=O) groups is 1. The Morgan fingerprint density at radius 3 is 2.58 bits per heavy atom. The second-order valence-electron chi connectivity index (χ2n) is 5.47. The van der Waals surface area contributed by atoms with Crippen molar-refractivity contribution in [3.63, 3.8) is 0 Å². The lowest BCUT2D eigenvalue weighted by atomic mass is 10.1. The minimum Gasteiger partial charge on any atom is -0.325 e. The lowest BCUT2D eigenvalue weighted by Gasteiger charge is -2.24. The maximum absolute atomic E-state index is 13.9. The van der Waals surface area contributed by atoms with Crippen molar-refractivity contribution in [2.75, 3.05) is 12.4 Å². The number of nitrogens with zero attached hydrogens (tertiary/aromatic N) is 2. The van der Waals surface area contributed by atoms with Crippen molar-refractivity contribution in [3.05, 3.63) is 64.4 Å². The quantitative estimate of drug-likeness (QED) is 0.896. The Hall–Kier alpha value is -2.42. The van der Waals surface area contributed by atoms with Crippen molar-refractivity contribution in [1.82, 2.24) is 4.90 Å². The molecule has 4 nitrogen and oxygen atoms in total. The highest BCUT2D eigenvalue weighted by atomic mass is 35.5. The molecule has 0 aliphatic carbocycles. The van der Waals surface area contributed by atoms with Crippen LogP contribution in [0.15, 0.2) is 42.5 Å². The van der Waals surface area contributed by atoms with Gasteiger partial charge in [-0.1, -0.05) is 17.7 Å². The fourth-order valence-electron chi connectivity index (χ4n) is 2.14. The van der Waals surface area contributed by atoms with Gasteiger partial charge in [0.25, 0.3) is 0 Å². The first-order valence-electron chi connectivity index (χ1n) is 7.36. The molecule has 0 aliphatic heterocycles. The van der Waals surface area contributed by atoms with Gasteiger partial charge in [0.1, 0.15) is 5.82 Å². The van der Waals surface area contributed by atoms with Gasteiger partial charge in [-0.05, 0) is 50.4 Å². The molecule has 0 saturated carbocycles. The summed E-state index contributed by atoms with van der Waals surface area (Å²) in [6.45, 7) is 1.95. The van der Waals surface area contributed by atoms with E-state index in [-0.39, 0.29) is 12.5 Å². The standard InChI is InChI=1S/C18H17ClFN3O/c1-12(18(24)22-14-8-6-13(10-21)7-9-14)23(2)11-15-16(19)4-3-5-17(15)20/h3-9,12H,11H2,1-2H3,(H,22,24)/t12-/m0/s1. The Labute approximate surface area is 145 Å². The molecule has 0 fully saturated rings. The Morgan fingerprint density at radius 1 is 1.33 bits per heavy atom. The van der Waals surface area contributed by atoms with E-state index in [9.17, 15) is 9.18 Å². The van der Waals surface area contributed by atoms with Crippen molar-refractivity contribution >= 4 is 23.2 Å². The van der Waals surface area contributed by atoms with Crippen LogP contribution in [0.4, 0.5) is 10.1 Å². The lowest BCUT2D eigenvalue weighted by molar-refractivity contribution is -0.120. The minimum absolute atomic E-state index is 0.216. The zero-order valence-corrected chi connectivity index (χ0v) is 14.1. The minimum atomic E-state index is -0.490. The summed E-state index contributed by atoms with van der Waals surface area (Å²) in [5, 5.41) is 11.9. The van der Waals surface area contributed by atoms with Crippen LogP contribution in [0.3, 0.4) is 0 Å². The number of amides is 1. The number of carbonyl (C=O) groups excluding carboxylic acids is 1. The van der Waals surface area contributed by atoms with Gasteiger partial charge in [-0.25, -0.2) is 4.39 Å². The molecule has 24 heavy (non-hydrogen) atoms. The predicted octanol–water partition coefficient (Wildman–Crippen LogP) is 3.81. The number of nitriles is 1. The molecule has 2 aromatic carbocycles. The molecule has 0 spiro atoms. The zero-order valence-electron chi connectivity index (χ0n) is 13.4. The third-order valence-corrected chi connectivity index (χ3v) is 4.15. The molecule has 0 radical (unpaired) electrons. The Balaban J connectivity index is 2.02. The number of hydrogen-bond donors (Lipinski definition) is 1. The SMILES string of the molecule is C[C@@H](C(=O)Nc1ccc(C#N)cc1)N(C)Cc1c(F)cccc1Cl. The largest absolute Gasteiger partial charge is 0.325 e. The molecule has 0 aliphatic rings. The number of benzene rings is 2. The fourth-order valence-corrected chi connectivity index (χ4v) is 2.37. The highest BCUT2D eigenvalue weighted by Crippen LogP contribution is 2.21. The van der Waals surface area contributed by atoms with E-state index in [1.165, 1.54) is 6.07 Å². The van der Waals surface area contributed by atoms with E-state index in [1.54, 1.807) is 55.3 Å². The summed E-state index contributed by atoms with van der Waals surface area (Å²) in [6, 6.07) is 12.6. The van der Waals surface area contributed by atoms with Crippen molar-refractivity contribution in [2.24, 2.45) is 0 Å². The van der Waals surface area contributed by atoms with Gasteiger partial charge in [0, 0.05) is 22.8 Å². The third-order valence-electron chi connectivity index (χ3n) is 3.79. The molecule has 0 bridgehead atoms. The van der Waals surface area contributed by atoms with Crippen LogP contribution in [0.25, 0.3) is 0 Å². The van der Waals surface area contributed by atoms with Crippen LogP contribution in [0, 0.1) is 17.1 Å². The molecule has 0 unspecified atom stereocenters. The smallest absolute Gasteiger partial charge is 0.241 e. The van der Waals surface area contributed by atoms with Gasteiger partial charge in [0.2, 0.25) is 5.91 Å². The number of likely N-dealkylation sites (N-methyl/N-ethyl adjacent to an activating group) is 1. The molecule has 124 valence electrons. The average Bonchev–Trinajstić information content (AvgIpc) is 2.58. The number of halogens is 2. The number of anilines is 1. The Kier molecular flexibility index (Phi) is 5.91. The van der Waals surface area contributed by atoms with Crippen LogP contribution in [-0.2, 0) is 11.3 Å². The second-order valence-corrected chi connectivity index (χ2v) is 5.88. The van der Waals surface area contributed by atoms with Crippen LogP contribution in [-0.4, -0.2) is 23.9 Å². The topological polar surface area (TPSA) is 56.1 Å². The molecule has 1 amide bonds. The van der Waals surface area contributed by atoms with E-state index < -0.39 is 11.9 Å². The number of hydrogen-bond acceptors (Lipinski definition) is 3. The van der Waals surface area contributed by atoms with Crippen LogP contribution in [0.1, 0.15) is 18.1 Å². The molecule has 2 rings (SSSR count). The highest BCUT2D eigenvalue weighted by molar-refractivity contribution is 6.31. The number of nitrogens with one attached hydrogen (secondary N) is 1. The van der Waals surface area contributed by atoms with Crippen LogP contribution in [0.2, 0.25) is 5.02 Å². The summed E-state index contributed by atoms with van der Waals surface area (Å²) >= 11 is 6.02. The summed E-state index contributed by atoms with van der Waals surface area (Å²) in [6.07, 6.45) is 0. The van der Waals surface area contributed by atoms with Gasteiger partial charge in [-0.15, -0.1) is 0 Å². The summed E-state index contributed by atoms with van der Waals surface area (Å²) in [5.74, 6) is -0.622. The first-order valence-corrected chi connectivity index (χ1v) is 7.74. The van der Waals surface area contributed by atoms with Crippen molar-refractivity contribution < 1.29 is 9.18 Å². The van der Waals surface area contributed by atoms with E-state index in [0.29, 0.717) is 21.8 Å². The monoisotopic (exact) mass is 345 g/mol. The van der Waals surface area contributed by atoms with Crippen molar-refractivity contribution in [2.45, 2.75) is 19.5 Å². The van der Waals surface area contributed by atoms with Crippen LogP contribution < -0.4 is 5.32 Å². The average molecular weight is 346 g/mol. The molecular weight excluding hydrogens is 329 g/mol. The van der Waals surface area contributed by atoms with Gasteiger partial charge < -0.3 is 5.32 Å². The van der Waals surface area contributed by atoms with Gasteiger partial charge in [0.15, 0.2) is 0 Å². The number of rotatable bonds is 5. The third kappa shape index (κ3) is 4.31. The normalized spacial score (nSPS) is 11.8. The molecule has 2 aromatic rings. The van der Waals surface area contributed by atoms with E-state index in [0.717, 1.165) is 0 Å². The van der Waals surface area contributed by atoms with E-state index in [2.05, 4.69) is 5.32 Å². The van der Waals surface area contributed by atoms with Crippen molar-refractivity contribution in [1.29, 1.82) is 5.26 Å². The summed E-state index contributed by atoms with van der Waals surface area (Å²) in [5.41, 5.74) is 1.48. The molecule has 0 heterocycles. The molecule has 0 aromatic heterocycles. The van der Waals surface area contributed by atoms with Gasteiger partial charge in [-0.3, -0.25) is 9.69 Å². The van der Waals surface area contributed by atoms with E-state index in [4.69, 9.17) is 16.9 Å². The zero-order chi connectivity index (χ0) is 17.7. The lowest BCUT2D eigenvalue weighted by Crippen LogP contribution is -2.39. The predicted molar refractivity (Wildman–Crippen MR) is 92.1 cm³/mol. The molecule has 1 N–H and O–H groups in total. The van der Waals surface area contributed by atoms with Gasteiger partial charge in [-0.2, -0.15) is 5.26 Å². The van der Waals surface area contributed by atoms with Gasteiger partial charge >= 0.3 is 0 Å². The first kappa shape index (κ1) is 17.9. The Morgan fingerprint density at radius 2 is 2.00 bits per heavy atom. The fraction of sp³-hybridized carbons (Fsp3) is 0.222. The van der Waals surface area contributed by atoms with E-state index >= 15 is 0 Å².